The molecule has 0 unspecified atom stereocenters. The number of carbonyl (C=O) groups is 1. The summed E-state index contributed by atoms with van der Waals surface area (Å²) in [6.07, 6.45) is 8.16. The number of nitrogens with one attached hydrogen (secondary N) is 2. The summed E-state index contributed by atoms with van der Waals surface area (Å²) in [4.78, 5) is 20.7. The Morgan fingerprint density at radius 2 is 1.82 bits per heavy atom. The van der Waals surface area contributed by atoms with Crippen molar-refractivity contribution in [2.45, 2.75) is 75.4 Å². The molecule has 0 bridgehead atoms. The second-order valence-corrected chi connectivity index (χ2v) is 12.6. The molecule has 2 saturated carbocycles. The summed E-state index contributed by atoms with van der Waals surface area (Å²) in [6.45, 7) is 6.94. The zero-order valence-electron chi connectivity index (χ0n) is 23.0. The Labute approximate surface area is 230 Å². The smallest absolute Gasteiger partial charge is 0.259 e. The number of benzene rings is 1. The summed E-state index contributed by atoms with van der Waals surface area (Å²) in [5.74, 6) is 1.08. The SMILES string of the molecule is CC.COCCNc1ccc(C(=O)Nc2cccc(S(=O)(=O)C3CCCC3)c2)c(N2CCC3(CC2)CC3)n1.[HH].[HH]. The van der Waals surface area contributed by atoms with E-state index in [1.807, 2.05) is 13.8 Å². The molecular weight excluding hydrogens is 500 g/mol. The number of ether oxygens (including phenoxy) is 1. The van der Waals surface area contributed by atoms with Gasteiger partial charge >= 0.3 is 0 Å². The van der Waals surface area contributed by atoms with Gasteiger partial charge in [0.25, 0.3) is 5.91 Å². The first kappa shape index (κ1) is 28.4. The highest BCUT2D eigenvalue weighted by Crippen LogP contribution is 2.54. The van der Waals surface area contributed by atoms with E-state index in [0.29, 0.717) is 54.3 Å². The standard InChI is InChI=1S/C27H36N4O4S.C2H6.2H2/c1-35-18-15-28-24-10-9-23(25(30-24)31-16-13-27(11-12-27)14-17-31)26(32)29-20-5-4-8-22(19-20)36(33,34)21-6-2-3-7-21;1-2;;/h4-5,8-10,19,21H,2-3,6-7,11-18H2,1H3,(H,28,30)(H,29,32);1-2H3;2*1H. The fourth-order valence-corrected chi connectivity index (χ4v) is 7.35. The number of hydrogen-bond donors (Lipinski definition) is 2. The van der Waals surface area contributed by atoms with E-state index in [0.717, 1.165) is 38.8 Å². The fourth-order valence-electron chi connectivity index (χ4n) is 5.46. The number of pyridine rings is 1. The van der Waals surface area contributed by atoms with Crippen LogP contribution in [0.2, 0.25) is 0 Å². The van der Waals surface area contributed by atoms with E-state index in [9.17, 15) is 13.2 Å². The van der Waals surface area contributed by atoms with Crippen molar-refractivity contribution in [2.24, 2.45) is 5.41 Å². The quantitative estimate of drug-likeness (QED) is 0.372. The molecule has 0 atom stereocenters. The zero-order chi connectivity index (χ0) is 27.2. The monoisotopic (exact) mass is 546 g/mol. The molecule has 3 fully saturated rings. The van der Waals surface area contributed by atoms with Gasteiger partial charge < -0.3 is 20.3 Å². The van der Waals surface area contributed by atoms with Crippen molar-refractivity contribution in [1.82, 2.24) is 4.98 Å². The first-order chi connectivity index (χ1) is 18.4. The summed E-state index contributed by atoms with van der Waals surface area (Å²) in [6, 6.07) is 10.2. The average molecular weight is 547 g/mol. The second-order valence-electron chi connectivity index (χ2n) is 10.4. The Bertz CT molecular complexity index is 1210. The molecule has 38 heavy (non-hydrogen) atoms. The van der Waals surface area contributed by atoms with Gasteiger partial charge in [0.15, 0.2) is 9.84 Å². The van der Waals surface area contributed by atoms with E-state index >= 15 is 0 Å². The number of aromatic nitrogens is 1. The second kappa shape index (κ2) is 12.5. The molecule has 1 aromatic heterocycles. The van der Waals surface area contributed by atoms with Crippen LogP contribution >= 0.6 is 0 Å². The Hall–Kier alpha value is -2.65. The molecule has 5 rings (SSSR count). The van der Waals surface area contributed by atoms with E-state index in [4.69, 9.17) is 9.72 Å². The van der Waals surface area contributed by atoms with Gasteiger partial charge in [0.1, 0.15) is 11.6 Å². The van der Waals surface area contributed by atoms with Gasteiger partial charge in [-0.1, -0.05) is 32.8 Å². The van der Waals surface area contributed by atoms with Crippen LogP contribution in [0, 0.1) is 5.41 Å². The molecule has 2 aliphatic carbocycles. The van der Waals surface area contributed by atoms with Crippen LogP contribution in [0.25, 0.3) is 0 Å². The van der Waals surface area contributed by atoms with Crippen LogP contribution in [0.3, 0.4) is 0 Å². The molecule has 2 heterocycles. The van der Waals surface area contributed by atoms with Gasteiger partial charge in [-0.05, 0) is 74.3 Å². The molecule has 1 aliphatic heterocycles. The first-order valence-electron chi connectivity index (χ1n) is 14.0. The van der Waals surface area contributed by atoms with Crippen molar-refractivity contribution in [1.29, 1.82) is 0 Å². The van der Waals surface area contributed by atoms with E-state index in [1.165, 1.54) is 12.8 Å². The zero-order valence-corrected chi connectivity index (χ0v) is 23.8. The minimum absolute atomic E-state index is 0. The Kier molecular flexibility index (Phi) is 9.31. The van der Waals surface area contributed by atoms with Crippen LogP contribution in [0.1, 0.15) is 78.4 Å². The Morgan fingerprint density at radius 1 is 1.11 bits per heavy atom. The van der Waals surface area contributed by atoms with Gasteiger partial charge in [0, 0.05) is 35.3 Å². The van der Waals surface area contributed by atoms with Crippen molar-refractivity contribution < 1.29 is 20.8 Å². The van der Waals surface area contributed by atoms with Crippen LogP contribution in [-0.4, -0.2) is 57.9 Å². The third-order valence-electron chi connectivity index (χ3n) is 7.97. The minimum Gasteiger partial charge on any atom is -0.383 e. The molecule has 0 radical (unpaired) electrons. The minimum atomic E-state index is -3.40. The number of carbonyl (C=O) groups excluding carboxylic acids is 1. The Balaban J connectivity index is 0.00000137. The van der Waals surface area contributed by atoms with Crippen LogP contribution in [0.5, 0.6) is 0 Å². The maximum absolute atomic E-state index is 13.4. The molecule has 1 spiro atoms. The third-order valence-corrected chi connectivity index (χ3v) is 10.2. The molecule has 1 saturated heterocycles. The third kappa shape index (κ3) is 6.49. The largest absolute Gasteiger partial charge is 0.383 e. The summed E-state index contributed by atoms with van der Waals surface area (Å²) >= 11 is 0. The number of anilines is 3. The van der Waals surface area contributed by atoms with E-state index in [2.05, 4.69) is 15.5 Å². The van der Waals surface area contributed by atoms with E-state index in [-0.39, 0.29) is 18.9 Å². The fraction of sp³-hybridized carbons (Fsp3) is 0.586. The predicted molar refractivity (Wildman–Crippen MR) is 157 cm³/mol. The molecule has 2 N–H and O–H groups in total. The number of methoxy groups -OCH3 is 1. The lowest BCUT2D eigenvalue weighted by atomic mass is 9.93. The molecular formula is C29H46N4O4S. The summed E-state index contributed by atoms with van der Waals surface area (Å²) in [7, 11) is -1.74. The number of sulfone groups is 1. The van der Waals surface area contributed by atoms with Crippen molar-refractivity contribution in [3.05, 3.63) is 42.0 Å². The van der Waals surface area contributed by atoms with Gasteiger partial charge in [-0.25, -0.2) is 13.4 Å². The van der Waals surface area contributed by atoms with Gasteiger partial charge in [-0.15, -0.1) is 0 Å². The number of hydrogen-bond acceptors (Lipinski definition) is 7. The summed E-state index contributed by atoms with van der Waals surface area (Å²) in [5, 5.41) is 5.86. The van der Waals surface area contributed by atoms with E-state index < -0.39 is 9.84 Å². The first-order valence-corrected chi connectivity index (χ1v) is 15.6. The van der Waals surface area contributed by atoms with Crippen molar-refractivity contribution >= 4 is 33.1 Å². The van der Waals surface area contributed by atoms with Crippen molar-refractivity contribution in [2.75, 3.05) is 48.9 Å². The van der Waals surface area contributed by atoms with Crippen LogP contribution in [0.4, 0.5) is 17.3 Å². The highest BCUT2D eigenvalue weighted by molar-refractivity contribution is 7.92. The maximum atomic E-state index is 13.4. The molecule has 2 aromatic rings. The van der Waals surface area contributed by atoms with Gasteiger partial charge in [0.05, 0.1) is 22.3 Å². The molecule has 3 aliphatic rings. The highest BCUT2D eigenvalue weighted by Gasteiger charge is 2.45. The normalized spacial score (nSPS) is 18.6. The lowest BCUT2D eigenvalue weighted by Gasteiger charge is -2.34. The van der Waals surface area contributed by atoms with Crippen molar-refractivity contribution in [3.63, 3.8) is 0 Å². The molecule has 212 valence electrons. The number of amides is 1. The highest BCUT2D eigenvalue weighted by atomic mass is 32.2. The summed E-state index contributed by atoms with van der Waals surface area (Å²) in [5.41, 5.74) is 1.48. The molecule has 8 nitrogen and oxygen atoms in total. The maximum Gasteiger partial charge on any atom is 0.259 e. The predicted octanol–water partition coefficient (Wildman–Crippen LogP) is 6.01. The average Bonchev–Trinajstić information content (AvgIpc) is 3.44. The van der Waals surface area contributed by atoms with Gasteiger partial charge in [-0.3, -0.25) is 4.79 Å². The topological polar surface area (TPSA) is 101 Å². The summed E-state index contributed by atoms with van der Waals surface area (Å²) < 4.78 is 31.2. The van der Waals surface area contributed by atoms with Crippen LogP contribution in [-0.2, 0) is 14.6 Å². The lowest BCUT2D eigenvalue weighted by Crippen LogP contribution is -2.36. The van der Waals surface area contributed by atoms with Gasteiger partial charge in [-0.2, -0.15) is 0 Å². The lowest BCUT2D eigenvalue weighted by molar-refractivity contribution is 0.102. The number of rotatable bonds is 9. The number of piperidine rings is 1. The number of nitrogens with zero attached hydrogens (tertiary/aromatic N) is 2. The Morgan fingerprint density at radius 3 is 2.47 bits per heavy atom. The molecule has 1 aromatic carbocycles. The van der Waals surface area contributed by atoms with Crippen LogP contribution in [0.15, 0.2) is 41.3 Å². The molecule has 1 amide bonds. The van der Waals surface area contributed by atoms with Crippen molar-refractivity contribution in [3.8, 4) is 0 Å². The van der Waals surface area contributed by atoms with Gasteiger partial charge in [0.2, 0.25) is 0 Å². The van der Waals surface area contributed by atoms with E-state index in [1.54, 1.807) is 43.5 Å². The van der Waals surface area contributed by atoms with Crippen LogP contribution < -0.4 is 15.5 Å². The molecule has 9 heteroatoms.